The van der Waals surface area contributed by atoms with Crippen molar-refractivity contribution in [2.75, 3.05) is 0 Å². The molecule has 1 heterocycles. The number of rotatable bonds is 3. The van der Waals surface area contributed by atoms with Gasteiger partial charge in [-0.05, 0) is 43.0 Å². The summed E-state index contributed by atoms with van der Waals surface area (Å²) in [6.45, 7) is 2.80. The molecule has 0 aliphatic heterocycles. The van der Waals surface area contributed by atoms with Gasteiger partial charge in [0.15, 0.2) is 0 Å². The molecule has 18 heavy (non-hydrogen) atoms. The Hall–Kier alpha value is -1.26. The van der Waals surface area contributed by atoms with Crippen molar-refractivity contribution in [1.29, 1.82) is 0 Å². The molecule has 1 aromatic carbocycles. The number of hydrogen-bond acceptors (Lipinski definition) is 3. The molecule has 1 unspecified atom stereocenters. The Bertz CT molecular complexity index is 565. The van der Waals surface area contributed by atoms with Crippen molar-refractivity contribution >= 4 is 11.3 Å². The number of halogens is 1. The minimum Gasteiger partial charge on any atom is -0.304 e. The minimum absolute atomic E-state index is 0.135. The van der Waals surface area contributed by atoms with E-state index in [1.165, 1.54) is 5.56 Å². The normalized spacial score (nSPS) is 18.0. The van der Waals surface area contributed by atoms with Gasteiger partial charge >= 0.3 is 0 Å². The number of benzene rings is 1. The van der Waals surface area contributed by atoms with Crippen molar-refractivity contribution in [1.82, 2.24) is 10.3 Å². The average molecular weight is 262 g/mol. The van der Waals surface area contributed by atoms with E-state index >= 15 is 0 Å². The molecule has 0 saturated heterocycles. The Morgan fingerprint density at radius 2 is 2.39 bits per heavy atom. The second kappa shape index (κ2) is 4.78. The summed E-state index contributed by atoms with van der Waals surface area (Å²) < 4.78 is 13.1. The number of thiazole rings is 1. The van der Waals surface area contributed by atoms with E-state index in [1.54, 1.807) is 23.5 Å². The molecular formula is C14H15FN2S. The average Bonchev–Trinajstić information content (AvgIpc) is 2.92. The third-order valence-corrected chi connectivity index (χ3v) is 4.20. The van der Waals surface area contributed by atoms with E-state index in [0.29, 0.717) is 6.04 Å². The maximum atomic E-state index is 13.1. The van der Waals surface area contributed by atoms with Gasteiger partial charge < -0.3 is 5.32 Å². The first-order valence-corrected chi connectivity index (χ1v) is 7.03. The number of fused-ring (bicyclic) bond motifs is 1. The Balaban J connectivity index is 1.69. The number of nitrogens with zero attached hydrogens (tertiary/aromatic N) is 1. The monoisotopic (exact) mass is 262 g/mol. The van der Waals surface area contributed by atoms with Gasteiger partial charge in [0, 0.05) is 18.0 Å². The molecule has 0 saturated carbocycles. The largest absolute Gasteiger partial charge is 0.304 e. The second-order valence-corrected chi connectivity index (χ2v) is 5.74. The van der Waals surface area contributed by atoms with Gasteiger partial charge in [0.2, 0.25) is 0 Å². The van der Waals surface area contributed by atoms with Crippen molar-refractivity contribution in [3.63, 3.8) is 0 Å². The highest BCUT2D eigenvalue weighted by molar-refractivity contribution is 7.09. The van der Waals surface area contributed by atoms with E-state index in [2.05, 4.69) is 15.7 Å². The van der Waals surface area contributed by atoms with E-state index in [9.17, 15) is 4.39 Å². The van der Waals surface area contributed by atoms with Gasteiger partial charge in [0.25, 0.3) is 0 Å². The molecule has 1 aromatic heterocycles. The molecule has 1 N–H and O–H groups in total. The van der Waals surface area contributed by atoms with Gasteiger partial charge in [-0.3, -0.25) is 0 Å². The van der Waals surface area contributed by atoms with Crippen LogP contribution in [-0.2, 0) is 13.0 Å². The molecule has 0 fully saturated rings. The zero-order valence-electron chi connectivity index (χ0n) is 10.2. The van der Waals surface area contributed by atoms with Crippen molar-refractivity contribution in [3.8, 4) is 0 Å². The SMILES string of the molecule is Cc1nc(CNC2CCc3cc(F)ccc32)cs1. The van der Waals surface area contributed by atoms with E-state index in [0.717, 1.165) is 35.7 Å². The lowest BCUT2D eigenvalue weighted by Crippen LogP contribution is -2.18. The molecule has 0 radical (unpaired) electrons. The fraction of sp³-hybridized carbons (Fsp3) is 0.357. The first-order chi connectivity index (χ1) is 8.72. The van der Waals surface area contributed by atoms with Gasteiger partial charge in [-0.1, -0.05) is 6.07 Å². The molecule has 3 rings (SSSR count). The van der Waals surface area contributed by atoms with Crippen LogP contribution in [0.5, 0.6) is 0 Å². The van der Waals surface area contributed by atoms with Crippen LogP contribution in [0.4, 0.5) is 4.39 Å². The Labute approximate surface area is 110 Å². The van der Waals surface area contributed by atoms with E-state index in [-0.39, 0.29) is 5.82 Å². The van der Waals surface area contributed by atoms with E-state index in [4.69, 9.17) is 0 Å². The molecule has 0 amide bonds. The quantitative estimate of drug-likeness (QED) is 0.917. The van der Waals surface area contributed by atoms with Gasteiger partial charge in [-0.15, -0.1) is 11.3 Å². The van der Waals surface area contributed by atoms with Crippen LogP contribution in [0.25, 0.3) is 0 Å². The van der Waals surface area contributed by atoms with Crippen molar-refractivity contribution in [3.05, 3.63) is 51.2 Å². The maximum absolute atomic E-state index is 13.1. The third kappa shape index (κ3) is 2.31. The fourth-order valence-corrected chi connectivity index (χ4v) is 3.13. The summed E-state index contributed by atoms with van der Waals surface area (Å²) in [5, 5.41) is 6.69. The maximum Gasteiger partial charge on any atom is 0.123 e. The van der Waals surface area contributed by atoms with Gasteiger partial charge in [-0.25, -0.2) is 9.37 Å². The molecular weight excluding hydrogens is 247 g/mol. The summed E-state index contributed by atoms with van der Waals surface area (Å²) in [5.41, 5.74) is 3.47. The van der Waals surface area contributed by atoms with E-state index in [1.807, 2.05) is 13.0 Å². The summed E-state index contributed by atoms with van der Waals surface area (Å²) in [4.78, 5) is 4.44. The van der Waals surface area contributed by atoms with Crippen LogP contribution in [0.2, 0.25) is 0 Å². The van der Waals surface area contributed by atoms with Crippen LogP contribution in [0.1, 0.15) is 34.3 Å². The molecule has 2 aromatic rings. The smallest absolute Gasteiger partial charge is 0.123 e. The first-order valence-electron chi connectivity index (χ1n) is 6.15. The molecule has 94 valence electrons. The summed E-state index contributed by atoms with van der Waals surface area (Å²) in [5.74, 6) is -0.135. The fourth-order valence-electron chi connectivity index (χ4n) is 2.52. The van der Waals surface area contributed by atoms with E-state index < -0.39 is 0 Å². The Morgan fingerprint density at radius 1 is 1.50 bits per heavy atom. The van der Waals surface area contributed by atoms with Crippen LogP contribution in [-0.4, -0.2) is 4.98 Å². The lowest BCUT2D eigenvalue weighted by Gasteiger charge is -2.12. The van der Waals surface area contributed by atoms with Gasteiger partial charge in [0.1, 0.15) is 5.82 Å². The zero-order valence-corrected chi connectivity index (χ0v) is 11.1. The highest BCUT2D eigenvalue weighted by Gasteiger charge is 2.22. The Kier molecular flexibility index (Phi) is 3.14. The predicted molar refractivity (Wildman–Crippen MR) is 71.2 cm³/mol. The van der Waals surface area contributed by atoms with Crippen LogP contribution in [0, 0.1) is 12.7 Å². The van der Waals surface area contributed by atoms with Crippen LogP contribution in [0.3, 0.4) is 0 Å². The molecule has 1 aliphatic carbocycles. The van der Waals surface area contributed by atoms with Crippen LogP contribution in [0.15, 0.2) is 23.6 Å². The minimum atomic E-state index is -0.135. The topological polar surface area (TPSA) is 24.9 Å². The number of aromatic nitrogens is 1. The standard InChI is InChI=1S/C14H15FN2S/c1-9-17-12(8-18-9)7-16-14-5-2-10-6-11(15)3-4-13(10)14/h3-4,6,8,14,16H,2,5,7H2,1H3. The lowest BCUT2D eigenvalue weighted by molar-refractivity contribution is 0.526. The summed E-state index contributed by atoms with van der Waals surface area (Å²) in [6, 6.07) is 5.44. The number of nitrogens with one attached hydrogen (secondary N) is 1. The van der Waals surface area contributed by atoms with Crippen molar-refractivity contribution in [2.24, 2.45) is 0 Å². The van der Waals surface area contributed by atoms with Gasteiger partial charge in [-0.2, -0.15) is 0 Å². The summed E-state index contributed by atoms with van der Waals surface area (Å²) >= 11 is 1.67. The second-order valence-electron chi connectivity index (χ2n) is 4.67. The van der Waals surface area contributed by atoms with Crippen molar-refractivity contribution < 1.29 is 4.39 Å². The number of hydrogen-bond donors (Lipinski definition) is 1. The van der Waals surface area contributed by atoms with Crippen LogP contribution >= 0.6 is 11.3 Å². The first kappa shape index (κ1) is 11.8. The molecule has 2 nitrogen and oxygen atoms in total. The molecule has 1 atom stereocenters. The highest BCUT2D eigenvalue weighted by atomic mass is 32.1. The summed E-state index contributed by atoms with van der Waals surface area (Å²) in [7, 11) is 0. The zero-order chi connectivity index (χ0) is 12.5. The molecule has 4 heteroatoms. The van der Waals surface area contributed by atoms with Gasteiger partial charge in [0.05, 0.1) is 10.7 Å². The van der Waals surface area contributed by atoms with Crippen molar-refractivity contribution in [2.45, 2.75) is 32.4 Å². The Morgan fingerprint density at radius 3 is 3.17 bits per heavy atom. The third-order valence-electron chi connectivity index (χ3n) is 3.38. The molecule has 0 bridgehead atoms. The van der Waals surface area contributed by atoms with Crippen LogP contribution < -0.4 is 5.32 Å². The summed E-state index contributed by atoms with van der Waals surface area (Å²) in [6.07, 6.45) is 2.00. The molecule has 0 spiro atoms. The number of aryl methyl sites for hydroxylation is 2. The lowest BCUT2D eigenvalue weighted by atomic mass is 10.1. The molecule has 1 aliphatic rings. The predicted octanol–water partition coefficient (Wildman–Crippen LogP) is 3.37. The highest BCUT2D eigenvalue weighted by Crippen LogP contribution is 2.31.